The highest BCUT2D eigenvalue weighted by molar-refractivity contribution is 7.11. The van der Waals surface area contributed by atoms with Gasteiger partial charge in [0.25, 0.3) is 0 Å². The average Bonchev–Trinajstić information content (AvgIpc) is 2.66. The fraction of sp³-hybridized carbons (Fsp3) is 0.769. The number of alkyl halides is 3. The van der Waals surface area contributed by atoms with Crippen LogP contribution in [-0.2, 0) is 24.1 Å². The quantitative estimate of drug-likeness (QED) is 0.749. The molecule has 0 aliphatic rings. The van der Waals surface area contributed by atoms with Crippen LogP contribution in [0.25, 0.3) is 0 Å². The lowest BCUT2D eigenvalue weighted by Gasteiger charge is -2.06. The lowest BCUT2D eigenvalue weighted by atomic mass is 10.1. The van der Waals surface area contributed by atoms with Gasteiger partial charge >= 0.3 is 6.18 Å². The molecule has 1 N–H and O–H groups in total. The molecule has 0 bridgehead atoms. The monoisotopic (exact) mass is 310 g/mol. The molecule has 0 aliphatic carbocycles. The molecule has 0 aromatic carbocycles. The Morgan fingerprint density at radius 2 is 2.05 bits per heavy atom. The zero-order valence-corrected chi connectivity index (χ0v) is 12.8. The van der Waals surface area contributed by atoms with E-state index in [0.29, 0.717) is 12.3 Å². The summed E-state index contributed by atoms with van der Waals surface area (Å²) in [6, 6.07) is 0. The van der Waals surface area contributed by atoms with Crippen molar-refractivity contribution >= 4 is 11.3 Å². The van der Waals surface area contributed by atoms with Crippen molar-refractivity contribution < 1.29 is 17.9 Å². The van der Waals surface area contributed by atoms with Crippen LogP contribution in [0.5, 0.6) is 0 Å². The van der Waals surface area contributed by atoms with Crippen molar-refractivity contribution in [1.82, 2.24) is 10.3 Å². The predicted octanol–water partition coefficient (Wildman–Crippen LogP) is 3.18. The number of hydrogen-bond acceptors (Lipinski definition) is 4. The summed E-state index contributed by atoms with van der Waals surface area (Å²) < 4.78 is 40.5. The fourth-order valence-corrected chi connectivity index (χ4v) is 2.82. The van der Waals surface area contributed by atoms with E-state index in [1.54, 1.807) is 11.3 Å². The second-order valence-corrected chi connectivity index (χ2v) is 6.19. The summed E-state index contributed by atoms with van der Waals surface area (Å²) in [7, 11) is 1.87. The minimum absolute atomic E-state index is 0.0487. The highest BCUT2D eigenvalue weighted by Crippen LogP contribution is 2.22. The summed E-state index contributed by atoms with van der Waals surface area (Å²) in [5, 5.41) is 3.93. The van der Waals surface area contributed by atoms with Gasteiger partial charge in [0.1, 0.15) is 6.61 Å². The van der Waals surface area contributed by atoms with Gasteiger partial charge in [0.2, 0.25) is 0 Å². The van der Waals surface area contributed by atoms with Crippen molar-refractivity contribution in [2.75, 3.05) is 20.3 Å². The van der Waals surface area contributed by atoms with Crippen molar-refractivity contribution in [3.05, 3.63) is 15.6 Å². The lowest BCUT2D eigenvalue weighted by molar-refractivity contribution is -0.173. The predicted molar refractivity (Wildman–Crippen MR) is 74.0 cm³/mol. The van der Waals surface area contributed by atoms with E-state index in [1.807, 2.05) is 7.05 Å². The highest BCUT2D eigenvalue weighted by atomic mass is 32.1. The average molecular weight is 310 g/mol. The van der Waals surface area contributed by atoms with Gasteiger partial charge in [-0.15, -0.1) is 11.3 Å². The Bertz CT molecular complexity index is 405. The zero-order chi connectivity index (χ0) is 15.2. The van der Waals surface area contributed by atoms with Gasteiger partial charge in [0.05, 0.1) is 17.3 Å². The SMILES string of the molecule is CNCc1sc(CCOCC(F)(F)F)nc1CC(C)C. The van der Waals surface area contributed by atoms with Crippen molar-refractivity contribution in [1.29, 1.82) is 0 Å². The summed E-state index contributed by atoms with van der Waals surface area (Å²) in [4.78, 5) is 5.68. The second-order valence-electron chi connectivity index (χ2n) is 5.02. The molecular weight excluding hydrogens is 289 g/mol. The molecule has 1 aromatic rings. The van der Waals surface area contributed by atoms with Crippen LogP contribution in [-0.4, -0.2) is 31.4 Å². The number of nitrogens with zero attached hydrogens (tertiary/aromatic N) is 1. The summed E-state index contributed by atoms with van der Waals surface area (Å²) in [5.41, 5.74) is 1.05. The maximum absolute atomic E-state index is 11.9. The number of ether oxygens (including phenoxy) is 1. The zero-order valence-electron chi connectivity index (χ0n) is 12.0. The summed E-state index contributed by atoms with van der Waals surface area (Å²) in [6.45, 7) is 3.83. The lowest BCUT2D eigenvalue weighted by Crippen LogP contribution is -2.17. The minimum atomic E-state index is -4.26. The third-order valence-corrected chi connectivity index (χ3v) is 3.64. The van der Waals surface area contributed by atoms with Crippen molar-refractivity contribution in [3.8, 4) is 0 Å². The van der Waals surface area contributed by atoms with Crippen LogP contribution in [0.4, 0.5) is 13.2 Å². The number of hydrogen-bond donors (Lipinski definition) is 1. The molecule has 116 valence electrons. The first kappa shape index (κ1) is 17.4. The molecule has 0 saturated carbocycles. The summed E-state index contributed by atoms with van der Waals surface area (Å²) >= 11 is 1.55. The van der Waals surface area contributed by atoms with Gasteiger partial charge in [-0.25, -0.2) is 4.98 Å². The van der Waals surface area contributed by atoms with Crippen LogP contribution < -0.4 is 5.32 Å². The van der Waals surface area contributed by atoms with Crippen LogP contribution >= 0.6 is 11.3 Å². The molecule has 7 heteroatoms. The van der Waals surface area contributed by atoms with E-state index in [4.69, 9.17) is 0 Å². The molecule has 3 nitrogen and oxygen atoms in total. The molecule has 1 heterocycles. The van der Waals surface area contributed by atoms with E-state index in [0.717, 1.165) is 28.5 Å². The van der Waals surface area contributed by atoms with E-state index in [2.05, 4.69) is 28.9 Å². The highest BCUT2D eigenvalue weighted by Gasteiger charge is 2.27. The molecule has 0 unspecified atom stereocenters. The molecule has 20 heavy (non-hydrogen) atoms. The molecule has 0 atom stereocenters. The summed E-state index contributed by atoms with van der Waals surface area (Å²) in [5.74, 6) is 0.502. The topological polar surface area (TPSA) is 34.1 Å². The van der Waals surface area contributed by atoms with E-state index in [1.165, 1.54) is 0 Å². The third kappa shape index (κ3) is 6.67. The first-order valence-corrected chi connectivity index (χ1v) is 7.40. The van der Waals surface area contributed by atoms with Gasteiger partial charge in [0.15, 0.2) is 0 Å². The summed E-state index contributed by atoms with van der Waals surface area (Å²) in [6.07, 6.45) is -2.95. The first-order chi connectivity index (χ1) is 9.31. The molecule has 0 saturated heterocycles. The second kappa shape index (κ2) is 7.95. The number of rotatable bonds is 8. The van der Waals surface area contributed by atoms with Gasteiger partial charge in [-0.1, -0.05) is 13.8 Å². The smallest absolute Gasteiger partial charge is 0.372 e. The Kier molecular flexibility index (Phi) is 6.91. The molecule has 0 fully saturated rings. The third-order valence-electron chi connectivity index (χ3n) is 2.49. The number of nitrogens with one attached hydrogen (secondary N) is 1. The molecule has 0 aliphatic heterocycles. The number of thiazole rings is 1. The molecule has 1 rings (SSSR count). The molecule has 0 amide bonds. The Hall–Kier alpha value is -0.660. The maximum Gasteiger partial charge on any atom is 0.411 e. The minimum Gasteiger partial charge on any atom is -0.372 e. The van der Waals surface area contributed by atoms with E-state index in [9.17, 15) is 13.2 Å². The maximum atomic E-state index is 11.9. The van der Waals surface area contributed by atoms with E-state index < -0.39 is 12.8 Å². The van der Waals surface area contributed by atoms with Gasteiger partial charge in [-0.05, 0) is 19.4 Å². The number of aromatic nitrogens is 1. The molecule has 0 radical (unpaired) electrons. The normalized spacial score (nSPS) is 12.3. The van der Waals surface area contributed by atoms with Crippen molar-refractivity contribution in [3.63, 3.8) is 0 Å². The fourth-order valence-electron chi connectivity index (χ4n) is 1.74. The van der Waals surface area contributed by atoms with Gasteiger partial charge in [-0.3, -0.25) is 0 Å². The van der Waals surface area contributed by atoms with Crippen molar-refractivity contribution in [2.45, 2.75) is 39.4 Å². The van der Waals surface area contributed by atoms with Crippen LogP contribution in [0.1, 0.15) is 29.4 Å². The first-order valence-electron chi connectivity index (χ1n) is 6.58. The number of halogens is 3. The molecular formula is C13H21F3N2OS. The van der Waals surface area contributed by atoms with Crippen molar-refractivity contribution in [2.24, 2.45) is 5.92 Å². The van der Waals surface area contributed by atoms with E-state index >= 15 is 0 Å². The van der Waals surface area contributed by atoms with Crippen LogP contribution in [0.3, 0.4) is 0 Å². The van der Waals surface area contributed by atoms with Crippen LogP contribution in [0, 0.1) is 5.92 Å². The Morgan fingerprint density at radius 1 is 1.35 bits per heavy atom. The van der Waals surface area contributed by atoms with Gasteiger partial charge < -0.3 is 10.1 Å². The largest absolute Gasteiger partial charge is 0.411 e. The standard InChI is InChI=1S/C13H21F3N2OS/c1-9(2)6-10-11(7-17-3)20-12(18-10)4-5-19-8-13(14,15)16/h9,17H,4-8H2,1-3H3. The Labute approximate surface area is 121 Å². The Morgan fingerprint density at radius 3 is 2.60 bits per heavy atom. The van der Waals surface area contributed by atoms with Gasteiger partial charge in [0, 0.05) is 17.8 Å². The Balaban J connectivity index is 2.53. The molecule has 1 aromatic heterocycles. The van der Waals surface area contributed by atoms with E-state index in [-0.39, 0.29) is 6.61 Å². The molecule has 0 spiro atoms. The van der Waals surface area contributed by atoms with Crippen LogP contribution in [0.2, 0.25) is 0 Å². The van der Waals surface area contributed by atoms with Crippen LogP contribution in [0.15, 0.2) is 0 Å². The van der Waals surface area contributed by atoms with Gasteiger partial charge in [-0.2, -0.15) is 13.2 Å².